The Bertz CT molecular complexity index is 1460. The molecule has 46 heavy (non-hydrogen) atoms. The van der Waals surface area contributed by atoms with Gasteiger partial charge in [0.05, 0.1) is 12.6 Å². The molecule has 0 aromatic heterocycles. The van der Waals surface area contributed by atoms with Gasteiger partial charge in [-0.15, -0.1) is 0 Å². The molecule has 0 saturated carbocycles. The van der Waals surface area contributed by atoms with E-state index in [1.165, 1.54) is 0 Å². The Morgan fingerprint density at radius 3 is 1.61 bits per heavy atom. The van der Waals surface area contributed by atoms with E-state index in [0.29, 0.717) is 0 Å². The highest BCUT2D eigenvalue weighted by atomic mass is 28.4. The molecule has 2 atom stereocenters. The second-order valence-corrected chi connectivity index (χ2v) is 16.6. The van der Waals surface area contributed by atoms with Gasteiger partial charge in [0.15, 0.2) is 0 Å². The van der Waals surface area contributed by atoms with Crippen LogP contribution < -0.4 is 15.8 Å². The lowest BCUT2D eigenvalue weighted by Crippen LogP contribution is -2.67. The fourth-order valence-corrected chi connectivity index (χ4v) is 10.2. The van der Waals surface area contributed by atoms with Gasteiger partial charge >= 0.3 is 12.2 Å². The average Bonchev–Trinajstić information content (AvgIpc) is 3.07. The van der Waals surface area contributed by atoms with E-state index in [-0.39, 0.29) is 24.9 Å². The molecule has 0 aliphatic rings. The molecule has 8 nitrogen and oxygen atoms in total. The molecule has 2 amide bonds. The molecule has 0 bridgehead atoms. The number of nitrogens with zero attached hydrogens (tertiary/aromatic N) is 1. The minimum absolute atomic E-state index is 0.00981. The number of rotatable bonds is 12. The van der Waals surface area contributed by atoms with Gasteiger partial charge in [0.2, 0.25) is 0 Å². The monoisotopic (exact) mass is 640 g/mol. The highest BCUT2D eigenvalue weighted by Crippen LogP contribution is 2.37. The summed E-state index contributed by atoms with van der Waals surface area (Å²) in [6, 6.07) is 38.1. The lowest BCUT2D eigenvalue weighted by Gasteiger charge is -2.44. The molecule has 9 heteroatoms. The number of hydrazine groups is 1. The Kier molecular flexibility index (Phi) is 12.1. The fraction of sp³-hybridized carbons (Fsp3) is 0.297. The van der Waals surface area contributed by atoms with Crippen LogP contribution in [0.5, 0.6) is 0 Å². The first-order valence-electron chi connectivity index (χ1n) is 15.5. The van der Waals surface area contributed by atoms with Crippen LogP contribution in [-0.4, -0.2) is 49.9 Å². The molecule has 2 N–H and O–H groups in total. The van der Waals surface area contributed by atoms with E-state index in [4.69, 9.17) is 13.9 Å². The first-order valence-corrected chi connectivity index (χ1v) is 17.4. The SMILES string of the molecule is C[C@H](CO[Si](c1ccccc1)(c1ccccc1)C(C)(C)C)[C@@H](CO)N(NC(=O)OCc1ccccc1)C(=O)OCc1ccccc1. The minimum Gasteiger partial charge on any atom is -0.443 e. The molecule has 242 valence electrons. The van der Waals surface area contributed by atoms with Crippen molar-refractivity contribution < 1.29 is 28.6 Å². The molecule has 0 spiro atoms. The number of benzene rings is 4. The first-order chi connectivity index (χ1) is 22.2. The van der Waals surface area contributed by atoms with Crippen LogP contribution in [0.3, 0.4) is 0 Å². The van der Waals surface area contributed by atoms with Crippen LogP contribution in [0.4, 0.5) is 9.59 Å². The maximum atomic E-state index is 13.5. The van der Waals surface area contributed by atoms with Gasteiger partial charge < -0.3 is 19.0 Å². The summed E-state index contributed by atoms with van der Waals surface area (Å²) in [7, 11) is -2.90. The molecule has 0 fully saturated rings. The second kappa shape index (κ2) is 16.2. The number of nitrogens with one attached hydrogen (secondary N) is 1. The zero-order valence-corrected chi connectivity index (χ0v) is 28.0. The van der Waals surface area contributed by atoms with Crippen LogP contribution in [0, 0.1) is 5.92 Å². The Balaban J connectivity index is 1.59. The van der Waals surface area contributed by atoms with Gasteiger partial charge in [-0.2, -0.15) is 0 Å². The van der Waals surface area contributed by atoms with Crippen molar-refractivity contribution in [1.29, 1.82) is 0 Å². The topological polar surface area (TPSA) is 97.3 Å². The van der Waals surface area contributed by atoms with E-state index in [1.807, 2.05) is 104 Å². The van der Waals surface area contributed by atoms with Crippen molar-refractivity contribution in [3.8, 4) is 0 Å². The van der Waals surface area contributed by atoms with E-state index in [2.05, 4.69) is 50.5 Å². The van der Waals surface area contributed by atoms with Gasteiger partial charge in [-0.3, -0.25) is 0 Å². The molecular weight excluding hydrogens is 597 g/mol. The van der Waals surface area contributed by atoms with Crippen LogP contribution in [0.1, 0.15) is 38.8 Å². The third kappa shape index (κ3) is 8.63. The molecule has 4 aromatic carbocycles. The number of ether oxygens (including phenoxy) is 2. The van der Waals surface area contributed by atoms with Crippen LogP contribution in [0.25, 0.3) is 0 Å². The number of amides is 2. The minimum atomic E-state index is -2.90. The average molecular weight is 641 g/mol. The van der Waals surface area contributed by atoms with Crippen molar-refractivity contribution in [2.45, 2.75) is 52.0 Å². The van der Waals surface area contributed by atoms with Crippen molar-refractivity contribution >= 4 is 30.9 Å². The standard InChI is InChI=1S/C37H44N2O6Si/c1-29(26-45-46(37(2,3)4,32-21-13-7-14-22-32)33-23-15-8-16-24-33)34(25-40)39(36(42)44-28-31-19-11-6-12-20-31)38-35(41)43-27-30-17-9-5-10-18-30/h5-24,29,34,40H,25-28H2,1-4H3,(H,38,41)/t29-,34-/m1/s1. The number of hydrogen-bond acceptors (Lipinski definition) is 6. The summed E-state index contributed by atoms with van der Waals surface area (Å²) >= 11 is 0. The largest absolute Gasteiger partial charge is 0.443 e. The van der Waals surface area contributed by atoms with Crippen molar-refractivity contribution in [3.63, 3.8) is 0 Å². The second-order valence-electron chi connectivity index (χ2n) is 12.3. The highest BCUT2D eigenvalue weighted by Gasteiger charge is 2.50. The predicted molar refractivity (Wildman–Crippen MR) is 182 cm³/mol. The van der Waals surface area contributed by atoms with Gasteiger partial charge in [0.1, 0.15) is 13.2 Å². The molecule has 4 rings (SSSR count). The number of carbonyl (C=O) groups excluding carboxylic acids is 2. The molecule has 0 heterocycles. The van der Waals surface area contributed by atoms with E-state index in [0.717, 1.165) is 26.5 Å². The maximum Gasteiger partial charge on any atom is 0.429 e. The highest BCUT2D eigenvalue weighted by molar-refractivity contribution is 6.99. The van der Waals surface area contributed by atoms with Gasteiger partial charge in [-0.05, 0) is 26.5 Å². The Labute approximate surface area is 273 Å². The summed E-state index contributed by atoms with van der Waals surface area (Å²) < 4.78 is 18.1. The first kappa shape index (κ1) is 34.4. The van der Waals surface area contributed by atoms with Gasteiger partial charge in [-0.25, -0.2) is 20.0 Å². The zero-order chi connectivity index (χ0) is 33.0. The molecular formula is C37H44N2O6Si. The summed E-state index contributed by atoms with van der Waals surface area (Å²) in [5.74, 6) is -0.426. The predicted octanol–water partition coefficient (Wildman–Crippen LogP) is 6.04. The normalized spacial score (nSPS) is 12.9. The molecule has 0 unspecified atom stereocenters. The summed E-state index contributed by atoms with van der Waals surface area (Å²) in [6.45, 7) is 8.18. The van der Waals surface area contributed by atoms with Crippen molar-refractivity contribution in [3.05, 3.63) is 132 Å². The Morgan fingerprint density at radius 2 is 1.17 bits per heavy atom. The van der Waals surface area contributed by atoms with Crippen LogP contribution in [0.15, 0.2) is 121 Å². The number of aliphatic hydroxyl groups is 1. The maximum absolute atomic E-state index is 13.5. The number of hydrogen-bond donors (Lipinski definition) is 2. The zero-order valence-electron chi connectivity index (χ0n) is 27.0. The van der Waals surface area contributed by atoms with Gasteiger partial charge in [-0.1, -0.05) is 149 Å². The van der Waals surface area contributed by atoms with Gasteiger partial charge in [0.25, 0.3) is 8.32 Å². The third-order valence-corrected chi connectivity index (χ3v) is 13.0. The lowest BCUT2D eigenvalue weighted by atomic mass is 10.0. The smallest absolute Gasteiger partial charge is 0.429 e. The van der Waals surface area contributed by atoms with Crippen LogP contribution in [-0.2, 0) is 27.1 Å². The Hall–Kier alpha value is -4.44. The molecule has 0 saturated heterocycles. The fourth-order valence-electron chi connectivity index (χ4n) is 5.55. The quantitative estimate of drug-likeness (QED) is 0.145. The summed E-state index contributed by atoms with van der Waals surface area (Å²) in [5, 5.41) is 13.6. The van der Waals surface area contributed by atoms with Crippen LogP contribution in [0.2, 0.25) is 5.04 Å². The van der Waals surface area contributed by atoms with E-state index < -0.39 is 39.1 Å². The molecule has 4 aromatic rings. The summed E-state index contributed by atoms with van der Waals surface area (Å²) in [6.07, 6.45) is -1.67. The lowest BCUT2D eigenvalue weighted by molar-refractivity contribution is 0.00975. The third-order valence-electron chi connectivity index (χ3n) is 7.98. The van der Waals surface area contributed by atoms with E-state index >= 15 is 0 Å². The van der Waals surface area contributed by atoms with Crippen LogP contribution >= 0.6 is 0 Å². The number of aliphatic hydroxyl groups excluding tert-OH is 1. The van der Waals surface area contributed by atoms with Crippen molar-refractivity contribution in [2.24, 2.45) is 5.92 Å². The molecule has 0 aliphatic heterocycles. The van der Waals surface area contributed by atoms with Gasteiger partial charge in [0, 0.05) is 12.5 Å². The number of carbonyl (C=O) groups is 2. The Morgan fingerprint density at radius 1 is 0.739 bits per heavy atom. The van der Waals surface area contributed by atoms with E-state index in [1.54, 1.807) is 0 Å². The molecule has 0 aliphatic carbocycles. The summed E-state index contributed by atoms with van der Waals surface area (Å²) in [4.78, 5) is 26.5. The van der Waals surface area contributed by atoms with Crippen molar-refractivity contribution in [2.75, 3.05) is 13.2 Å². The molecule has 0 radical (unpaired) electrons. The van der Waals surface area contributed by atoms with E-state index in [9.17, 15) is 14.7 Å². The van der Waals surface area contributed by atoms with Crippen molar-refractivity contribution in [1.82, 2.24) is 10.4 Å². The summed E-state index contributed by atoms with van der Waals surface area (Å²) in [5.41, 5.74) is 4.12.